The van der Waals surface area contributed by atoms with Gasteiger partial charge in [-0.05, 0) is 13.0 Å². The molecule has 0 aromatic carbocycles. The molecule has 3 N–H and O–H groups in total. The third-order valence-electron chi connectivity index (χ3n) is 2.07. The Kier molecular flexibility index (Phi) is 3.17. The first-order chi connectivity index (χ1) is 6.23. The molecule has 0 bridgehead atoms. The zero-order chi connectivity index (χ0) is 11.0. The Morgan fingerprint density at radius 1 is 1.14 bits per heavy atom. The second kappa shape index (κ2) is 3.74. The summed E-state index contributed by atoms with van der Waals surface area (Å²) in [5.41, 5.74) is 0. The van der Waals surface area contributed by atoms with Gasteiger partial charge < -0.3 is 5.32 Å². The molecule has 1 atom stereocenters. The zero-order valence-corrected chi connectivity index (χ0v) is 8.75. The molecule has 0 amide bonds. The van der Waals surface area contributed by atoms with Gasteiger partial charge in [0.1, 0.15) is 0 Å². The van der Waals surface area contributed by atoms with Crippen molar-refractivity contribution in [1.82, 2.24) is 5.32 Å². The maximum Gasteiger partial charge on any atom is 0.285 e. The van der Waals surface area contributed by atoms with Gasteiger partial charge in [0.25, 0.3) is 20.2 Å². The van der Waals surface area contributed by atoms with E-state index in [4.69, 9.17) is 9.11 Å². The summed E-state index contributed by atoms with van der Waals surface area (Å²) in [6.45, 7) is 0.608. The second-order valence-corrected chi connectivity index (χ2v) is 6.53. The van der Waals surface area contributed by atoms with Crippen LogP contribution in [0.4, 0.5) is 0 Å². The summed E-state index contributed by atoms with van der Waals surface area (Å²) in [6, 6.07) is 0. The van der Waals surface area contributed by atoms with E-state index >= 15 is 0 Å². The molecule has 7 nitrogen and oxygen atoms in total. The minimum Gasteiger partial charge on any atom is -0.316 e. The molecule has 1 unspecified atom stereocenters. The molecular formula is C5H11NO6S2. The maximum atomic E-state index is 10.8. The Labute approximate surface area is 82.0 Å². The van der Waals surface area contributed by atoms with E-state index in [1.807, 2.05) is 0 Å². The van der Waals surface area contributed by atoms with Gasteiger partial charge in [-0.2, -0.15) is 16.8 Å². The van der Waals surface area contributed by atoms with Crippen molar-refractivity contribution >= 4 is 20.2 Å². The first-order valence-electron chi connectivity index (χ1n) is 3.86. The molecule has 0 aliphatic carbocycles. The highest BCUT2D eigenvalue weighted by Crippen LogP contribution is 2.22. The summed E-state index contributed by atoms with van der Waals surface area (Å²) >= 11 is 0. The molecule has 1 saturated heterocycles. The summed E-state index contributed by atoms with van der Waals surface area (Å²) in [5.74, 6) is -0.806. The third-order valence-corrected chi connectivity index (χ3v) is 5.47. The summed E-state index contributed by atoms with van der Waals surface area (Å²) in [4.78, 5) is 0. The zero-order valence-electron chi connectivity index (χ0n) is 7.12. The van der Waals surface area contributed by atoms with Gasteiger partial charge in [0, 0.05) is 12.5 Å². The van der Waals surface area contributed by atoms with Gasteiger partial charge >= 0.3 is 0 Å². The SMILES string of the molecule is O=S(=O)(O)C(C1CCNC1)S(=O)(=O)O. The average molecular weight is 245 g/mol. The lowest BCUT2D eigenvalue weighted by molar-refractivity contribution is 0.428. The topological polar surface area (TPSA) is 121 Å². The van der Waals surface area contributed by atoms with Crippen LogP contribution in [-0.2, 0) is 20.2 Å². The quantitative estimate of drug-likeness (QED) is 0.528. The maximum absolute atomic E-state index is 10.8. The van der Waals surface area contributed by atoms with E-state index in [0.29, 0.717) is 6.54 Å². The summed E-state index contributed by atoms with van der Waals surface area (Å²) in [6.07, 6.45) is 0.282. The van der Waals surface area contributed by atoms with Crippen molar-refractivity contribution in [3.8, 4) is 0 Å². The highest BCUT2D eigenvalue weighted by atomic mass is 32.3. The molecule has 14 heavy (non-hydrogen) atoms. The summed E-state index contributed by atoms with van der Waals surface area (Å²) in [5, 5.41) is 2.75. The average Bonchev–Trinajstić information content (AvgIpc) is 2.31. The molecule has 1 fully saturated rings. The molecule has 0 spiro atoms. The van der Waals surface area contributed by atoms with Crippen molar-refractivity contribution in [2.24, 2.45) is 5.92 Å². The van der Waals surface area contributed by atoms with Crippen LogP contribution in [0.2, 0.25) is 0 Å². The predicted molar refractivity (Wildman–Crippen MR) is 47.9 cm³/mol. The van der Waals surface area contributed by atoms with Crippen LogP contribution >= 0.6 is 0 Å². The van der Waals surface area contributed by atoms with E-state index in [0.717, 1.165) is 0 Å². The van der Waals surface area contributed by atoms with Crippen molar-refractivity contribution in [1.29, 1.82) is 0 Å². The Hall–Kier alpha value is -0.220. The minimum absolute atomic E-state index is 0.143. The number of nitrogens with one attached hydrogen (secondary N) is 1. The van der Waals surface area contributed by atoms with Gasteiger partial charge in [-0.25, -0.2) is 0 Å². The number of rotatable bonds is 3. The van der Waals surface area contributed by atoms with Gasteiger partial charge in [0.15, 0.2) is 0 Å². The molecule has 1 aliphatic heterocycles. The second-order valence-electron chi connectivity index (χ2n) is 3.15. The van der Waals surface area contributed by atoms with Crippen molar-refractivity contribution < 1.29 is 25.9 Å². The fourth-order valence-electron chi connectivity index (χ4n) is 1.55. The fraction of sp³-hybridized carbons (Fsp3) is 1.00. The smallest absolute Gasteiger partial charge is 0.285 e. The lowest BCUT2D eigenvalue weighted by Crippen LogP contribution is -2.37. The van der Waals surface area contributed by atoms with Crippen molar-refractivity contribution in [3.05, 3.63) is 0 Å². The molecule has 9 heteroatoms. The molecule has 0 aromatic heterocycles. The van der Waals surface area contributed by atoms with E-state index in [2.05, 4.69) is 5.32 Å². The monoisotopic (exact) mass is 245 g/mol. The Morgan fingerprint density at radius 2 is 1.64 bits per heavy atom. The van der Waals surface area contributed by atoms with Crippen LogP contribution < -0.4 is 5.32 Å². The van der Waals surface area contributed by atoms with Gasteiger partial charge in [0.2, 0.25) is 4.58 Å². The lowest BCUT2D eigenvalue weighted by Gasteiger charge is -2.16. The first-order valence-corrected chi connectivity index (χ1v) is 6.87. The van der Waals surface area contributed by atoms with E-state index in [1.54, 1.807) is 0 Å². The van der Waals surface area contributed by atoms with Crippen LogP contribution in [0, 0.1) is 5.92 Å². The van der Waals surface area contributed by atoms with Crippen LogP contribution in [0.25, 0.3) is 0 Å². The Bertz CT molecular complexity index is 360. The van der Waals surface area contributed by atoms with Crippen LogP contribution in [0.3, 0.4) is 0 Å². The van der Waals surface area contributed by atoms with Gasteiger partial charge in [-0.1, -0.05) is 0 Å². The summed E-state index contributed by atoms with van der Waals surface area (Å²) in [7, 11) is -9.57. The van der Waals surface area contributed by atoms with Crippen LogP contribution in [0.15, 0.2) is 0 Å². The Morgan fingerprint density at radius 3 is 1.93 bits per heavy atom. The van der Waals surface area contributed by atoms with Crippen molar-refractivity contribution in [2.75, 3.05) is 13.1 Å². The lowest BCUT2D eigenvalue weighted by atomic mass is 10.1. The van der Waals surface area contributed by atoms with E-state index in [1.165, 1.54) is 0 Å². The van der Waals surface area contributed by atoms with Crippen LogP contribution in [0.1, 0.15) is 6.42 Å². The number of hydrogen-bond donors (Lipinski definition) is 3. The van der Waals surface area contributed by atoms with Crippen molar-refractivity contribution in [3.63, 3.8) is 0 Å². The van der Waals surface area contributed by atoms with Gasteiger partial charge in [0.05, 0.1) is 0 Å². The standard InChI is InChI=1S/C5H11NO6S2/c7-13(8,9)5(14(10,11)12)4-1-2-6-3-4/h4-6H,1-3H2,(H,7,8,9)(H,10,11,12). The largest absolute Gasteiger partial charge is 0.316 e. The highest BCUT2D eigenvalue weighted by molar-refractivity contribution is 8.04. The molecule has 1 aliphatic rings. The molecule has 1 rings (SSSR count). The van der Waals surface area contributed by atoms with Crippen molar-refractivity contribution in [2.45, 2.75) is 11.0 Å². The molecule has 1 heterocycles. The normalized spacial score (nSPS) is 24.4. The third kappa shape index (κ3) is 2.64. The molecule has 0 radical (unpaired) electrons. The minimum atomic E-state index is -4.78. The highest BCUT2D eigenvalue weighted by Gasteiger charge is 2.43. The molecule has 0 saturated carbocycles. The van der Waals surface area contributed by atoms with E-state index in [9.17, 15) is 16.8 Å². The Balaban J connectivity index is 3.06. The summed E-state index contributed by atoms with van der Waals surface area (Å²) < 4.78 is 58.2. The van der Waals surface area contributed by atoms with E-state index in [-0.39, 0.29) is 13.0 Å². The molecule has 84 valence electrons. The van der Waals surface area contributed by atoms with Crippen LogP contribution in [0.5, 0.6) is 0 Å². The van der Waals surface area contributed by atoms with Gasteiger partial charge in [-0.3, -0.25) is 9.11 Å². The predicted octanol–water partition coefficient (Wildman–Crippen LogP) is -1.30. The first kappa shape index (κ1) is 11.9. The van der Waals surface area contributed by atoms with E-state index < -0.39 is 30.7 Å². The van der Waals surface area contributed by atoms with Gasteiger partial charge in [-0.15, -0.1) is 0 Å². The number of hydrogen-bond acceptors (Lipinski definition) is 5. The molecule has 0 aromatic rings. The van der Waals surface area contributed by atoms with Crippen LogP contribution in [-0.4, -0.2) is 43.6 Å². The molecular weight excluding hydrogens is 234 g/mol. The fourth-order valence-corrected chi connectivity index (χ4v) is 4.22.